The van der Waals surface area contributed by atoms with E-state index >= 15 is 0 Å². The summed E-state index contributed by atoms with van der Waals surface area (Å²) in [5.74, 6) is -0.171. The molecule has 1 fully saturated rings. The number of sulfonamides is 1. The molecular formula is C25H30FN5O3S. The van der Waals surface area contributed by atoms with Crippen molar-refractivity contribution in [2.45, 2.75) is 38.1 Å². The molecule has 0 radical (unpaired) electrons. The van der Waals surface area contributed by atoms with Gasteiger partial charge >= 0.3 is 0 Å². The third kappa shape index (κ3) is 5.38. The minimum atomic E-state index is -3.78. The van der Waals surface area contributed by atoms with E-state index in [0.29, 0.717) is 32.0 Å². The molecule has 1 N–H and O–H groups in total. The molecule has 2 heterocycles. The van der Waals surface area contributed by atoms with Crippen molar-refractivity contribution < 1.29 is 17.6 Å². The summed E-state index contributed by atoms with van der Waals surface area (Å²) in [6, 6.07) is 14.0. The van der Waals surface area contributed by atoms with Crippen LogP contribution in [0.25, 0.3) is 0 Å². The van der Waals surface area contributed by atoms with Crippen molar-refractivity contribution >= 4 is 27.4 Å². The Hall–Kier alpha value is -3.24. The second-order valence-corrected chi connectivity index (χ2v) is 11.5. The number of hydrogen-bond acceptors (Lipinski definition) is 5. The number of carbonyl (C=O) groups excluding carboxylic acids is 1. The zero-order valence-corrected chi connectivity index (χ0v) is 21.1. The van der Waals surface area contributed by atoms with E-state index in [4.69, 9.17) is 0 Å². The van der Waals surface area contributed by atoms with Crippen molar-refractivity contribution in [2.24, 2.45) is 0 Å². The molecule has 3 aromatic rings. The fraction of sp³-hybridized carbons (Fsp3) is 0.360. The number of nitrogens with one attached hydrogen (secondary N) is 1. The van der Waals surface area contributed by atoms with Gasteiger partial charge in [-0.3, -0.25) is 4.79 Å². The summed E-state index contributed by atoms with van der Waals surface area (Å²) in [5.41, 5.74) is 1.53. The smallest absolute Gasteiger partial charge is 0.256 e. The second kappa shape index (κ2) is 9.43. The molecule has 1 saturated heterocycles. The lowest BCUT2D eigenvalue weighted by molar-refractivity contribution is 0.102. The number of nitrogens with zero attached hydrogens (tertiary/aromatic N) is 4. The molecule has 1 aliphatic heterocycles. The Morgan fingerprint density at radius 2 is 1.66 bits per heavy atom. The largest absolute Gasteiger partial charge is 0.369 e. The SMILES string of the molecule is Cc1cc(NC(=O)c2cccc(S(=O)(=O)N3CCN(c4ccc(F)cc4)CC3)c2)n(C(C)(C)C)n1. The Morgan fingerprint density at radius 3 is 2.29 bits per heavy atom. The van der Waals surface area contributed by atoms with E-state index < -0.39 is 15.9 Å². The van der Waals surface area contributed by atoms with Crippen LogP contribution in [0.15, 0.2) is 59.5 Å². The maximum atomic E-state index is 13.3. The summed E-state index contributed by atoms with van der Waals surface area (Å²) >= 11 is 0. The van der Waals surface area contributed by atoms with Gasteiger partial charge in [-0.05, 0) is 70.2 Å². The highest BCUT2D eigenvalue weighted by Crippen LogP contribution is 2.24. The van der Waals surface area contributed by atoms with Gasteiger partial charge in [0, 0.05) is 43.5 Å². The van der Waals surface area contributed by atoms with Crippen molar-refractivity contribution in [1.82, 2.24) is 14.1 Å². The van der Waals surface area contributed by atoms with Gasteiger partial charge in [-0.15, -0.1) is 0 Å². The molecule has 35 heavy (non-hydrogen) atoms. The van der Waals surface area contributed by atoms with E-state index in [2.05, 4.69) is 10.4 Å². The van der Waals surface area contributed by atoms with Crippen molar-refractivity contribution in [2.75, 3.05) is 36.4 Å². The van der Waals surface area contributed by atoms with Crippen LogP contribution >= 0.6 is 0 Å². The highest BCUT2D eigenvalue weighted by Gasteiger charge is 2.29. The Kier molecular flexibility index (Phi) is 6.70. The van der Waals surface area contributed by atoms with E-state index in [1.165, 1.54) is 28.6 Å². The van der Waals surface area contributed by atoms with Gasteiger partial charge in [-0.2, -0.15) is 9.40 Å². The number of aromatic nitrogens is 2. The predicted molar refractivity (Wildman–Crippen MR) is 134 cm³/mol. The topological polar surface area (TPSA) is 87.5 Å². The van der Waals surface area contributed by atoms with Crippen LogP contribution in [-0.4, -0.2) is 54.6 Å². The number of hydrogen-bond donors (Lipinski definition) is 1. The van der Waals surface area contributed by atoms with E-state index in [1.807, 2.05) is 32.6 Å². The van der Waals surface area contributed by atoms with Gasteiger partial charge in [0.2, 0.25) is 10.0 Å². The van der Waals surface area contributed by atoms with E-state index in [0.717, 1.165) is 11.4 Å². The lowest BCUT2D eigenvalue weighted by Crippen LogP contribution is -2.48. The summed E-state index contributed by atoms with van der Waals surface area (Å²) in [6.45, 7) is 9.36. The van der Waals surface area contributed by atoms with Gasteiger partial charge in [0.05, 0.1) is 16.1 Å². The highest BCUT2D eigenvalue weighted by atomic mass is 32.2. The van der Waals surface area contributed by atoms with Crippen LogP contribution in [0.1, 0.15) is 36.8 Å². The molecule has 4 rings (SSSR count). The van der Waals surface area contributed by atoms with Gasteiger partial charge in [-0.1, -0.05) is 6.07 Å². The lowest BCUT2D eigenvalue weighted by atomic mass is 10.1. The fourth-order valence-corrected chi connectivity index (χ4v) is 5.54. The Bertz CT molecular complexity index is 1320. The first-order valence-corrected chi connectivity index (χ1v) is 12.9. The molecule has 0 unspecified atom stereocenters. The fourth-order valence-electron chi connectivity index (χ4n) is 4.07. The zero-order chi connectivity index (χ0) is 25.4. The number of anilines is 2. The minimum absolute atomic E-state index is 0.0703. The molecule has 1 aliphatic rings. The Labute approximate surface area is 205 Å². The average molecular weight is 500 g/mol. The molecule has 0 atom stereocenters. The molecular weight excluding hydrogens is 469 g/mol. The number of benzene rings is 2. The molecule has 0 aliphatic carbocycles. The van der Waals surface area contributed by atoms with Crippen molar-refractivity contribution in [3.8, 4) is 0 Å². The van der Waals surface area contributed by atoms with E-state index in [-0.39, 0.29) is 21.8 Å². The van der Waals surface area contributed by atoms with Crippen LogP contribution in [-0.2, 0) is 15.6 Å². The van der Waals surface area contributed by atoms with Gasteiger partial charge in [0.25, 0.3) is 5.91 Å². The summed E-state index contributed by atoms with van der Waals surface area (Å²) in [6.07, 6.45) is 0. The van der Waals surface area contributed by atoms with Crippen LogP contribution < -0.4 is 10.2 Å². The zero-order valence-electron chi connectivity index (χ0n) is 20.3. The first kappa shape index (κ1) is 24.9. The Balaban J connectivity index is 1.48. The minimum Gasteiger partial charge on any atom is -0.369 e. The van der Waals surface area contributed by atoms with E-state index in [1.54, 1.807) is 35.0 Å². The number of carbonyl (C=O) groups is 1. The highest BCUT2D eigenvalue weighted by molar-refractivity contribution is 7.89. The molecule has 8 nitrogen and oxygen atoms in total. The average Bonchev–Trinajstić information content (AvgIpc) is 3.20. The summed E-state index contributed by atoms with van der Waals surface area (Å²) in [4.78, 5) is 15.1. The third-order valence-electron chi connectivity index (χ3n) is 5.87. The van der Waals surface area contributed by atoms with Gasteiger partial charge in [0.1, 0.15) is 11.6 Å². The van der Waals surface area contributed by atoms with Crippen LogP contribution in [0.5, 0.6) is 0 Å². The number of rotatable bonds is 5. The van der Waals surface area contributed by atoms with Crippen LogP contribution in [0.3, 0.4) is 0 Å². The predicted octanol–water partition coefficient (Wildman–Crippen LogP) is 3.85. The van der Waals surface area contributed by atoms with Gasteiger partial charge in [-0.25, -0.2) is 17.5 Å². The third-order valence-corrected chi connectivity index (χ3v) is 7.77. The second-order valence-electron chi connectivity index (χ2n) is 9.60. The van der Waals surface area contributed by atoms with Crippen LogP contribution in [0, 0.1) is 12.7 Å². The molecule has 2 aromatic carbocycles. The number of halogens is 1. The van der Waals surface area contributed by atoms with Gasteiger partial charge in [0.15, 0.2) is 0 Å². The van der Waals surface area contributed by atoms with Gasteiger partial charge < -0.3 is 10.2 Å². The van der Waals surface area contributed by atoms with Crippen LogP contribution in [0.4, 0.5) is 15.9 Å². The molecule has 0 spiro atoms. The monoisotopic (exact) mass is 499 g/mol. The van der Waals surface area contributed by atoms with E-state index in [9.17, 15) is 17.6 Å². The molecule has 0 bridgehead atoms. The summed E-state index contributed by atoms with van der Waals surface area (Å²) < 4.78 is 43.0. The summed E-state index contributed by atoms with van der Waals surface area (Å²) in [7, 11) is -3.78. The maximum Gasteiger partial charge on any atom is 0.256 e. The molecule has 10 heteroatoms. The van der Waals surface area contributed by atoms with Crippen LogP contribution in [0.2, 0.25) is 0 Å². The number of aryl methyl sites for hydroxylation is 1. The molecule has 1 amide bonds. The Morgan fingerprint density at radius 1 is 1.00 bits per heavy atom. The first-order chi connectivity index (χ1) is 16.4. The number of amides is 1. The maximum absolute atomic E-state index is 13.3. The molecule has 1 aromatic heterocycles. The quantitative estimate of drug-likeness (QED) is 0.576. The lowest BCUT2D eigenvalue weighted by Gasteiger charge is -2.35. The molecule has 0 saturated carbocycles. The van der Waals surface area contributed by atoms with Crippen molar-refractivity contribution in [1.29, 1.82) is 0 Å². The van der Waals surface area contributed by atoms with Crippen molar-refractivity contribution in [3.05, 3.63) is 71.7 Å². The standard InChI is InChI=1S/C25H30FN5O3S/c1-18-16-23(31(28-18)25(2,3)4)27-24(32)19-6-5-7-22(17-19)35(33,34)30-14-12-29(13-15-30)21-10-8-20(26)9-11-21/h5-11,16-17H,12-15H2,1-4H3,(H,27,32). The number of piperazine rings is 1. The summed E-state index contributed by atoms with van der Waals surface area (Å²) in [5, 5.41) is 7.32. The van der Waals surface area contributed by atoms with Crippen molar-refractivity contribution in [3.63, 3.8) is 0 Å². The first-order valence-electron chi connectivity index (χ1n) is 11.4. The normalized spacial score (nSPS) is 15.3. The molecule has 186 valence electrons.